The zero-order chi connectivity index (χ0) is 19.7. The van der Waals surface area contributed by atoms with E-state index in [-0.39, 0.29) is 30.0 Å². The number of rotatable bonds is 6. The first-order valence-electron chi connectivity index (χ1n) is 8.10. The lowest BCUT2D eigenvalue weighted by atomic mass is 10.1. The monoisotopic (exact) mass is 382 g/mol. The molecule has 0 radical (unpaired) electrons. The number of carbonyl (C=O) groups excluding carboxylic acids is 2. The molecule has 0 saturated carbocycles. The van der Waals surface area contributed by atoms with Crippen LogP contribution < -0.4 is 0 Å². The molecule has 2 rings (SSSR count). The average molecular weight is 382 g/mol. The van der Waals surface area contributed by atoms with Crippen LogP contribution in [-0.2, 0) is 9.84 Å². The summed E-state index contributed by atoms with van der Waals surface area (Å²) in [4.78, 5) is 37.7. The van der Waals surface area contributed by atoms with Gasteiger partial charge in [0.05, 0.1) is 22.6 Å². The predicted molar refractivity (Wildman–Crippen MR) is 94.9 cm³/mol. The van der Waals surface area contributed by atoms with Crippen molar-refractivity contribution in [3.05, 3.63) is 35.4 Å². The van der Waals surface area contributed by atoms with Gasteiger partial charge in [-0.1, -0.05) is 12.1 Å². The SMILES string of the molecule is CC(C)(C)N(CCS(=O)(=O)CCN1C(=O)c2ccccc2C1=O)C(=O)O. The molecule has 8 nitrogen and oxygen atoms in total. The van der Waals surface area contributed by atoms with E-state index in [0.717, 1.165) is 9.80 Å². The smallest absolute Gasteiger partial charge is 0.407 e. The van der Waals surface area contributed by atoms with Crippen molar-refractivity contribution < 1.29 is 27.9 Å². The van der Waals surface area contributed by atoms with Crippen molar-refractivity contribution in [2.45, 2.75) is 26.3 Å². The molecule has 1 N–H and O–H groups in total. The molecular weight excluding hydrogens is 360 g/mol. The molecule has 0 fully saturated rings. The Balaban J connectivity index is 2.00. The number of fused-ring (bicyclic) bond motifs is 1. The van der Waals surface area contributed by atoms with E-state index in [1.165, 1.54) is 12.1 Å². The maximum Gasteiger partial charge on any atom is 0.407 e. The van der Waals surface area contributed by atoms with Gasteiger partial charge in [0.1, 0.15) is 0 Å². The fourth-order valence-corrected chi connectivity index (χ4v) is 3.85. The van der Waals surface area contributed by atoms with Crippen LogP contribution in [0.25, 0.3) is 0 Å². The second-order valence-corrected chi connectivity index (χ2v) is 9.37. The van der Waals surface area contributed by atoms with Gasteiger partial charge in [0, 0.05) is 18.6 Å². The largest absolute Gasteiger partial charge is 0.465 e. The van der Waals surface area contributed by atoms with E-state index in [0.29, 0.717) is 0 Å². The third-order valence-corrected chi connectivity index (χ3v) is 5.78. The fourth-order valence-electron chi connectivity index (χ4n) is 2.72. The van der Waals surface area contributed by atoms with Crippen LogP contribution in [-0.4, -0.2) is 71.4 Å². The number of sulfone groups is 1. The highest BCUT2D eigenvalue weighted by molar-refractivity contribution is 7.91. The fraction of sp³-hybridized carbons (Fsp3) is 0.471. The lowest BCUT2D eigenvalue weighted by molar-refractivity contribution is 0.0664. The summed E-state index contributed by atoms with van der Waals surface area (Å²) in [5.74, 6) is -1.80. The van der Waals surface area contributed by atoms with Crippen molar-refractivity contribution in [1.29, 1.82) is 0 Å². The molecule has 0 saturated heterocycles. The molecule has 1 aliphatic heterocycles. The van der Waals surface area contributed by atoms with E-state index in [4.69, 9.17) is 0 Å². The first kappa shape index (κ1) is 19.9. The summed E-state index contributed by atoms with van der Waals surface area (Å²) in [6, 6.07) is 6.32. The Bertz CT molecular complexity index is 806. The van der Waals surface area contributed by atoms with Crippen LogP contribution in [0.1, 0.15) is 41.5 Å². The molecule has 0 bridgehead atoms. The number of carboxylic acid groups (broad SMARTS) is 1. The van der Waals surface area contributed by atoms with Crippen LogP contribution in [0.15, 0.2) is 24.3 Å². The number of benzene rings is 1. The van der Waals surface area contributed by atoms with Crippen molar-refractivity contribution in [2.24, 2.45) is 0 Å². The maximum atomic E-state index is 12.3. The van der Waals surface area contributed by atoms with E-state index in [1.807, 2.05) is 0 Å². The normalized spacial score (nSPS) is 14.5. The van der Waals surface area contributed by atoms with Crippen LogP contribution in [0.4, 0.5) is 4.79 Å². The molecule has 0 aliphatic carbocycles. The highest BCUT2D eigenvalue weighted by Gasteiger charge is 2.35. The standard InChI is InChI=1S/C17H22N2O6S/c1-17(2,3)19(16(22)23)9-11-26(24,25)10-8-18-14(20)12-6-4-5-7-13(12)15(18)21/h4-7H,8-11H2,1-3H3,(H,22,23). The maximum absolute atomic E-state index is 12.3. The Morgan fingerprint density at radius 2 is 1.58 bits per heavy atom. The van der Waals surface area contributed by atoms with E-state index >= 15 is 0 Å². The topological polar surface area (TPSA) is 112 Å². The quantitative estimate of drug-likeness (QED) is 0.746. The summed E-state index contributed by atoms with van der Waals surface area (Å²) >= 11 is 0. The van der Waals surface area contributed by atoms with Crippen LogP contribution in [0.2, 0.25) is 0 Å². The molecule has 1 aromatic carbocycles. The molecule has 0 atom stereocenters. The minimum Gasteiger partial charge on any atom is -0.465 e. The summed E-state index contributed by atoms with van der Waals surface area (Å²) in [5.41, 5.74) is -0.205. The summed E-state index contributed by atoms with van der Waals surface area (Å²) in [6.07, 6.45) is -1.20. The summed E-state index contributed by atoms with van der Waals surface area (Å²) in [6.45, 7) is 4.59. The van der Waals surface area contributed by atoms with Gasteiger partial charge in [-0.05, 0) is 32.9 Å². The Morgan fingerprint density at radius 1 is 1.08 bits per heavy atom. The summed E-state index contributed by atoms with van der Waals surface area (Å²) < 4.78 is 24.5. The Kier molecular flexibility index (Phi) is 5.41. The van der Waals surface area contributed by atoms with Crippen LogP contribution >= 0.6 is 0 Å². The molecule has 0 spiro atoms. The van der Waals surface area contributed by atoms with Gasteiger partial charge in [-0.2, -0.15) is 0 Å². The van der Waals surface area contributed by atoms with E-state index < -0.39 is 39.0 Å². The number of imide groups is 1. The highest BCUT2D eigenvalue weighted by atomic mass is 32.2. The average Bonchev–Trinajstić information content (AvgIpc) is 2.76. The van der Waals surface area contributed by atoms with Gasteiger partial charge in [-0.25, -0.2) is 13.2 Å². The van der Waals surface area contributed by atoms with Gasteiger partial charge in [-0.3, -0.25) is 14.5 Å². The molecule has 0 aromatic heterocycles. The van der Waals surface area contributed by atoms with E-state index in [9.17, 15) is 27.9 Å². The zero-order valence-corrected chi connectivity index (χ0v) is 15.7. The third-order valence-electron chi connectivity index (χ3n) is 4.17. The zero-order valence-electron chi connectivity index (χ0n) is 14.9. The highest BCUT2D eigenvalue weighted by Crippen LogP contribution is 2.22. The predicted octanol–water partition coefficient (Wildman–Crippen LogP) is 1.48. The molecule has 142 valence electrons. The summed E-state index contributed by atoms with van der Waals surface area (Å²) in [7, 11) is -3.64. The molecule has 9 heteroatoms. The molecule has 3 amide bonds. The lowest BCUT2D eigenvalue weighted by Crippen LogP contribution is -2.47. The molecular formula is C17H22N2O6S. The minimum atomic E-state index is -3.64. The minimum absolute atomic E-state index is 0.177. The second kappa shape index (κ2) is 7.06. The molecule has 1 aliphatic rings. The molecule has 0 unspecified atom stereocenters. The number of amides is 3. The molecule has 26 heavy (non-hydrogen) atoms. The Labute approximate surface area is 152 Å². The van der Waals surface area contributed by atoms with Crippen molar-refractivity contribution >= 4 is 27.7 Å². The second-order valence-electron chi connectivity index (χ2n) is 7.06. The first-order valence-corrected chi connectivity index (χ1v) is 9.92. The number of hydrogen-bond donors (Lipinski definition) is 1. The van der Waals surface area contributed by atoms with Crippen molar-refractivity contribution in [1.82, 2.24) is 9.80 Å². The third kappa shape index (κ3) is 4.21. The van der Waals surface area contributed by atoms with Gasteiger partial charge in [0.15, 0.2) is 9.84 Å². The van der Waals surface area contributed by atoms with Gasteiger partial charge in [0.25, 0.3) is 11.8 Å². The van der Waals surface area contributed by atoms with Gasteiger partial charge < -0.3 is 10.0 Å². The lowest BCUT2D eigenvalue weighted by Gasteiger charge is -2.33. The Hall–Kier alpha value is -2.42. The van der Waals surface area contributed by atoms with Crippen molar-refractivity contribution in [2.75, 3.05) is 24.6 Å². The molecule has 1 aromatic rings. The number of hydrogen-bond acceptors (Lipinski definition) is 5. The van der Waals surface area contributed by atoms with Crippen LogP contribution in [0.5, 0.6) is 0 Å². The number of carbonyl (C=O) groups is 3. The number of nitrogens with zero attached hydrogens (tertiary/aromatic N) is 2. The van der Waals surface area contributed by atoms with Crippen molar-refractivity contribution in [3.63, 3.8) is 0 Å². The van der Waals surface area contributed by atoms with Crippen molar-refractivity contribution in [3.8, 4) is 0 Å². The van der Waals surface area contributed by atoms with Gasteiger partial charge in [0.2, 0.25) is 0 Å². The van der Waals surface area contributed by atoms with Crippen LogP contribution in [0.3, 0.4) is 0 Å². The Morgan fingerprint density at radius 3 is 2.00 bits per heavy atom. The van der Waals surface area contributed by atoms with E-state index in [1.54, 1.807) is 32.9 Å². The van der Waals surface area contributed by atoms with Gasteiger partial charge in [-0.15, -0.1) is 0 Å². The molecule has 1 heterocycles. The van der Waals surface area contributed by atoms with Gasteiger partial charge >= 0.3 is 6.09 Å². The van der Waals surface area contributed by atoms with E-state index in [2.05, 4.69) is 0 Å². The van der Waals surface area contributed by atoms with Crippen LogP contribution in [0, 0.1) is 0 Å². The first-order chi connectivity index (χ1) is 11.9. The summed E-state index contributed by atoms with van der Waals surface area (Å²) in [5, 5.41) is 9.21.